The number of nitrogens with one attached hydrogen (secondary N) is 3. The van der Waals surface area contributed by atoms with Crippen LogP contribution in [-0.2, 0) is 16.4 Å². The van der Waals surface area contributed by atoms with Crippen molar-refractivity contribution in [3.63, 3.8) is 0 Å². The third-order valence-corrected chi connectivity index (χ3v) is 11.5. The lowest BCUT2D eigenvalue weighted by atomic mass is 9.91. The van der Waals surface area contributed by atoms with Gasteiger partial charge in [0.15, 0.2) is 22.8 Å². The number of carbonyl (C=O) groups excluding carboxylic acids is 1. The number of nitrogens with zero attached hydrogens (tertiary/aromatic N) is 9. The molecule has 5 atom stereocenters. The highest BCUT2D eigenvalue weighted by molar-refractivity contribution is 7.89. The summed E-state index contributed by atoms with van der Waals surface area (Å²) in [4.78, 5) is 31.0. The second-order valence-corrected chi connectivity index (χ2v) is 15.8. The first-order valence-corrected chi connectivity index (χ1v) is 20.3. The fourth-order valence-electron chi connectivity index (χ4n) is 7.60. The Balaban J connectivity index is 1.08. The van der Waals surface area contributed by atoms with Crippen LogP contribution in [0.2, 0.25) is 0 Å². The summed E-state index contributed by atoms with van der Waals surface area (Å²) in [7, 11) is -3.94. The molecule has 18 nitrogen and oxygen atoms in total. The Bertz CT molecular complexity index is 2430. The molecule has 19 heteroatoms. The van der Waals surface area contributed by atoms with Gasteiger partial charge in [-0.3, -0.25) is 0 Å². The standard InChI is InChI=1S/C38H43N13O5S/c1-2-31-46-48-51(47-31)30-19-29(33(52)34(30)53)50-22-41-32-35(40-20-28(23-10-5-3-6-11-23)24-12-7-4-8-13-24)44-37(45-36(32)50)49-17-16-26(21-49)43-38(54)42-25-14-9-15-27(18-25)57(39,55)56/h3-15,18,22,26,28-30,33-34,52-53H,2,16-17,19-21H2,1H3,(H2,39,55,56)(H,40,44,45)(H2,42,43,54)/t26-,29-,30+,33+,34-/m1/s1. The van der Waals surface area contributed by atoms with Crippen LogP contribution in [0.3, 0.4) is 0 Å². The Morgan fingerprint density at radius 1 is 0.965 bits per heavy atom. The van der Waals surface area contributed by atoms with Gasteiger partial charge in [0.05, 0.1) is 17.3 Å². The maximum Gasteiger partial charge on any atom is 0.319 e. The van der Waals surface area contributed by atoms with E-state index in [1.165, 1.54) is 23.0 Å². The average molecular weight is 794 g/mol. The van der Waals surface area contributed by atoms with Crippen LogP contribution in [0.15, 0.2) is 96.2 Å². The summed E-state index contributed by atoms with van der Waals surface area (Å²) in [5, 5.41) is 49.7. The number of hydrogen-bond acceptors (Lipinski definition) is 13. The van der Waals surface area contributed by atoms with E-state index in [0.717, 1.165) is 11.1 Å². The van der Waals surface area contributed by atoms with Crippen molar-refractivity contribution in [1.29, 1.82) is 0 Å². The Hall–Kier alpha value is -6.02. The minimum atomic E-state index is -3.94. The van der Waals surface area contributed by atoms with Gasteiger partial charge in [0.2, 0.25) is 16.0 Å². The highest BCUT2D eigenvalue weighted by Gasteiger charge is 2.45. The van der Waals surface area contributed by atoms with Gasteiger partial charge in [0.25, 0.3) is 0 Å². The number of aliphatic hydroxyl groups is 2. The van der Waals surface area contributed by atoms with Crippen LogP contribution >= 0.6 is 0 Å². The van der Waals surface area contributed by atoms with E-state index in [-0.39, 0.29) is 22.5 Å². The Kier molecular flexibility index (Phi) is 10.5. The number of aliphatic hydroxyl groups excluding tert-OH is 2. The molecular formula is C38H43N13O5S. The van der Waals surface area contributed by atoms with Crippen LogP contribution < -0.4 is 26.0 Å². The van der Waals surface area contributed by atoms with Gasteiger partial charge in [-0.1, -0.05) is 73.7 Å². The molecule has 0 spiro atoms. The zero-order chi connectivity index (χ0) is 39.7. The van der Waals surface area contributed by atoms with Gasteiger partial charge in [-0.05, 0) is 47.4 Å². The fourth-order valence-corrected chi connectivity index (χ4v) is 8.16. The molecule has 1 aliphatic heterocycles. The third-order valence-electron chi connectivity index (χ3n) is 10.6. The first-order chi connectivity index (χ1) is 27.6. The number of benzene rings is 3. The maximum atomic E-state index is 13.0. The lowest BCUT2D eigenvalue weighted by Gasteiger charge is -2.22. The number of amides is 2. The number of primary sulfonamides is 1. The van der Waals surface area contributed by atoms with E-state index in [4.69, 9.17) is 20.1 Å². The first kappa shape index (κ1) is 37.9. The molecule has 57 heavy (non-hydrogen) atoms. The molecule has 1 aliphatic carbocycles. The number of nitrogens with two attached hydrogens (primary N) is 1. The molecule has 2 amide bonds. The van der Waals surface area contributed by atoms with Crippen molar-refractivity contribution in [3.8, 4) is 0 Å². The van der Waals surface area contributed by atoms with E-state index in [9.17, 15) is 23.4 Å². The summed E-state index contributed by atoms with van der Waals surface area (Å²) in [5.74, 6) is 1.40. The van der Waals surface area contributed by atoms with Gasteiger partial charge in [-0.15, -0.1) is 10.2 Å². The Morgan fingerprint density at radius 2 is 1.68 bits per heavy atom. The largest absolute Gasteiger partial charge is 0.388 e. The summed E-state index contributed by atoms with van der Waals surface area (Å²) < 4.78 is 25.4. The summed E-state index contributed by atoms with van der Waals surface area (Å²) in [5.41, 5.74) is 3.48. The van der Waals surface area contributed by atoms with Gasteiger partial charge in [0, 0.05) is 43.7 Å². The molecule has 3 aromatic carbocycles. The molecule has 7 N–H and O–H groups in total. The number of aryl methyl sites for hydroxylation is 1. The molecule has 2 fully saturated rings. The molecule has 1 saturated heterocycles. The predicted molar refractivity (Wildman–Crippen MR) is 211 cm³/mol. The lowest BCUT2D eigenvalue weighted by Crippen LogP contribution is -2.40. The Morgan fingerprint density at radius 3 is 2.37 bits per heavy atom. The molecule has 0 radical (unpaired) electrons. The second kappa shape index (κ2) is 15.8. The van der Waals surface area contributed by atoms with Crippen LogP contribution in [0, 0.1) is 0 Å². The third kappa shape index (κ3) is 7.99. The number of imidazole rings is 1. The minimum Gasteiger partial charge on any atom is -0.388 e. The molecule has 6 aromatic rings. The van der Waals surface area contributed by atoms with E-state index >= 15 is 0 Å². The van der Waals surface area contributed by atoms with Crippen molar-refractivity contribution < 1.29 is 23.4 Å². The van der Waals surface area contributed by atoms with Crippen molar-refractivity contribution in [2.45, 2.75) is 67.3 Å². The van der Waals surface area contributed by atoms with Gasteiger partial charge in [-0.25, -0.2) is 23.3 Å². The number of anilines is 3. The summed E-state index contributed by atoms with van der Waals surface area (Å²) >= 11 is 0. The lowest BCUT2D eigenvalue weighted by molar-refractivity contribution is 0.00473. The topological polar surface area (TPSA) is 244 Å². The number of aromatic nitrogens is 8. The van der Waals surface area contributed by atoms with Crippen LogP contribution in [0.4, 0.5) is 22.2 Å². The Labute approximate surface area is 328 Å². The van der Waals surface area contributed by atoms with Crippen LogP contribution in [0.5, 0.6) is 0 Å². The van der Waals surface area contributed by atoms with E-state index < -0.39 is 40.3 Å². The molecule has 2 aliphatic rings. The first-order valence-electron chi connectivity index (χ1n) is 18.7. The molecule has 0 unspecified atom stereocenters. The quantitative estimate of drug-likeness (QED) is 0.105. The van der Waals surface area contributed by atoms with Crippen molar-refractivity contribution in [2.75, 3.05) is 35.2 Å². The summed E-state index contributed by atoms with van der Waals surface area (Å²) in [6, 6.07) is 24.1. The number of urea groups is 1. The van der Waals surface area contributed by atoms with Crippen LogP contribution in [0.25, 0.3) is 11.2 Å². The smallest absolute Gasteiger partial charge is 0.319 e. The number of carbonyl (C=O) groups is 1. The molecule has 1 saturated carbocycles. The fraction of sp³-hybridized carbons (Fsp3) is 0.342. The average Bonchev–Trinajstić information content (AvgIpc) is 4.03. The van der Waals surface area contributed by atoms with Gasteiger partial charge in [0.1, 0.15) is 18.2 Å². The SMILES string of the molecule is CCc1nnn([C@H]2C[C@@H](n3cnc4c(NCC(c5ccccc5)c5ccccc5)nc(N5CC[C@@H](NC(=O)Nc6cccc(S(N)(=O)=O)c6)C5)nc43)[C@H](O)[C@@H]2O)n1. The van der Waals surface area contributed by atoms with E-state index in [1.54, 1.807) is 17.0 Å². The predicted octanol–water partition coefficient (Wildman–Crippen LogP) is 2.57. The molecule has 296 valence electrons. The number of fused-ring (bicyclic) bond motifs is 1. The number of rotatable bonds is 12. The van der Waals surface area contributed by atoms with Crippen molar-refractivity contribution in [2.24, 2.45) is 5.14 Å². The molecule has 4 heterocycles. The van der Waals surface area contributed by atoms with Crippen molar-refractivity contribution >= 4 is 44.7 Å². The van der Waals surface area contributed by atoms with Crippen LogP contribution in [-0.4, -0.2) is 102 Å². The van der Waals surface area contributed by atoms with Gasteiger partial charge >= 0.3 is 6.03 Å². The summed E-state index contributed by atoms with van der Waals surface area (Å²) in [6.45, 7) is 3.30. The van der Waals surface area contributed by atoms with Gasteiger partial charge in [-0.2, -0.15) is 14.8 Å². The minimum absolute atomic E-state index is 0.0248. The second-order valence-electron chi connectivity index (χ2n) is 14.3. The number of sulfonamides is 1. The van der Waals surface area contributed by atoms with E-state index in [0.29, 0.717) is 67.7 Å². The number of tetrazole rings is 1. The van der Waals surface area contributed by atoms with E-state index in [1.807, 2.05) is 48.2 Å². The summed E-state index contributed by atoms with van der Waals surface area (Å²) in [6.07, 6.45) is 0.727. The maximum absolute atomic E-state index is 13.0. The molecular weight excluding hydrogens is 751 g/mol. The number of hydrogen-bond donors (Lipinski definition) is 6. The highest BCUT2D eigenvalue weighted by Crippen LogP contribution is 2.40. The monoisotopic (exact) mass is 793 g/mol. The zero-order valence-electron chi connectivity index (χ0n) is 31.0. The molecule has 8 rings (SSSR count). The van der Waals surface area contributed by atoms with Crippen molar-refractivity contribution in [3.05, 3.63) is 108 Å². The van der Waals surface area contributed by atoms with Crippen molar-refractivity contribution in [1.82, 2.24) is 45.0 Å². The molecule has 0 bridgehead atoms. The zero-order valence-corrected chi connectivity index (χ0v) is 31.8. The normalized spacial score (nSPS) is 21.0. The molecule has 3 aromatic heterocycles. The van der Waals surface area contributed by atoms with E-state index in [2.05, 4.69) is 55.6 Å². The highest BCUT2D eigenvalue weighted by atomic mass is 32.2. The van der Waals surface area contributed by atoms with Gasteiger partial charge < -0.3 is 35.6 Å². The van der Waals surface area contributed by atoms with Crippen LogP contribution in [0.1, 0.15) is 54.7 Å².